The highest BCUT2D eigenvalue weighted by atomic mass is 79.9. The molecule has 2 saturated heterocycles. The number of aromatic nitrogens is 1. The van der Waals surface area contributed by atoms with E-state index >= 15 is 0 Å². The quantitative estimate of drug-likeness (QED) is 0.843. The van der Waals surface area contributed by atoms with Gasteiger partial charge in [-0.15, -0.1) is 0 Å². The number of rotatable bonds is 1. The summed E-state index contributed by atoms with van der Waals surface area (Å²) in [6.07, 6.45) is 5.02. The minimum Gasteiger partial charge on any atom is -0.351 e. The van der Waals surface area contributed by atoms with E-state index in [1.54, 1.807) is 4.90 Å². The molecule has 1 atom stereocenters. The van der Waals surface area contributed by atoms with Gasteiger partial charge >= 0.3 is 6.03 Å². The number of pyridine rings is 1. The number of nitrogens with two attached hydrogens (primary N) is 1. The van der Waals surface area contributed by atoms with E-state index in [2.05, 4.69) is 38.9 Å². The van der Waals surface area contributed by atoms with Crippen molar-refractivity contribution in [1.29, 1.82) is 0 Å². The number of nitrogens with zero attached hydrogens (tertiary/aromatic N) is 3. The first kappa shape index (κ1) is 14.8. The number of carbonyl (C=O) groups is 1. The fourth-order valence-corrected chi connectivity index (χ4v) is 4.29. The van der Waals surface area contributed by atoms with Gasteiger partial charge in [0, 0.05) is 23.8 Å². The van der Waals surface area contributed by atoms with E-state index in [9.17, 15) is 4.79 Å². The van der Waals surface area contributed by atoms with Crippen LogP contribution in [0, 0.1) is 5.41 Å². The number of piperidine rings is 1. The van der Waals surface area contributed by atoms with Crippen LogP contribution in [0.2, 0.25) is 0 Å². The Bertz CT molecular complexity index is 542. The molecule has 0 saturated carbocycles. The number of hydrogen-bond acceptors (Lipinski definition) is 3. The lowest BCUT2D eigenvalue weighted by atomic mass is 9.71. The summed E-state index contributed by atoms with van der Waals surface area (Å²) in [5.41, 5.74) is 6.74. The molecule has 2 N–H and O–H groups in total. The van der Waals surface area contributed by atoms with Crippen molar-refractivity contribution in [3.05, 3.63) is 28.5 Å². The number of halogens is 1. The van der Waals surface area contributed by atoms with Crippen LogP contribution in [-0.4, -0.2) is 47.5 Å². The smallest absolute Gasteiger partial charge is 0.314 e. The maximum absolute atomic E-state index is 11.3. The third kappa shape index (κ3) is 2.66. The average Bonchev–Trinajstić information content (AvgIpc) is 2.76. The summed E-state index contributed by atoms with van der Waals surface area (Å²) in [7, 11) is 2.17. The topological polar surface area (TPSA) is 62.5 Å². The van der Waals surface area contributed by atoms with Crippen molar-refractivity contribution >= 4 is 22.0 Å². The van der Waals surface area contributed by atoms with Crippen molar-refractivity contribution in [2.75, 3.05) is 26.7 Å². The average molecular weight is 353 g/mol. The molecule has 3 rings (SSSR count). The van der Waals surface area contributed by atoms with Gasteiger partial charge in [0.2, 0.25) is 0 Å². The van der Waals surface area contributed by atoms with Gasteiger partial charge in [-0.3, -0.25) is 9.88 Å². The molecule has 1 spiro atoms. The monoisotopic (exact) mass is 352 g/mol. The van der Waals surface area contributed by atoms with Crippen molar-refractivity contribution in [3.63, 3.8) is 0 Å². The minimum absolute atomic E-state index is 0.217. The van der Waals surface area contributed by atoms with Crippen molar-refractivity contribution in [3.8, 4) is 0 Å². The van der Waals surface area contributed by atoms with E-state index in [1.807, 2.05) is 12.3 Å². The third-order valence-electron chi connectivity index (χ3n) is 5.08. The molecule has 114 valence electrons. The van der Waals surface area contributed by atoms with Crippen LogP contribution in [0.15, 0.2) is 22.8 Å². The summed E-state index contributed by atoms with van der Waals surface area (Å²) in [5.74, 6) is 0. The van der Waals surface area contributed by atoms with Crippen LogP contribution in [0.25, 0.3) is 0 Å². The van der Waals surface area contributed by atoms with Gasteiger partial charge in [-0.25, -0.2) is 4.79 Å². The van der Waals surface area contributed by atoms with E-state index in [0.29, 0.717) is 6.04 Å². The van der Waals surface area contributed by atoms with Crippen LogP contribution < -0.4 is 5.73 Å². The van der Waals surface area contributed by atoms with Crippen molar-refractivity contribution in [1.82, 2.24) is 14.8 Å². The number of amides is 2. The molecule has 1 unspecified atom stereocenters. The van der Waals surface area contributed by atoms with Crippen LogP contribution >= 0.6 is 15.9 Å². The van der Waals surface area contributed by atoms with Crippen molar-refractivity contribution in [2.45, 2.75) is 25.3 Å². The Morgan fingerprint density at radius 1 is 1.38 bits per heavy atom. The second-order valence-corrected chi connectivity index (χ2v) is 7.14. The molecule has 5 nitrogen and oxygen atoms in total. The molecule has 0 radical (unpaired) electrons. The fraction of sp³-hybridized carbons (Fsp3) is 0.600. The summed E-state index contributed by atoms with van der Waals surface area (Å²) in [4.78, 5) is 20.1. The van der Waals surface area contributed by atoms with Gasteiger partial charge < -0.3 is 10.6 Å². The Labute approximate surface area is 133 Å². The van der Waals surface area contributed by atoms with Gasteiger partial charge in [-0.1, -0.05) is 15.9 Å². The Balaban J connectivity index is 1.86. The number of likely N-dealkylation sites (tertiary alicyclic amines) is 2. The molecule has 2 amide bonds. The van der Waals surface area contributed by atoms with E-state index in [-0.39, 0.29) is 11.4 Å². The summed E-state index contributed by atoms with van der Waals surface area (Å²) in [6, 6.07) is 4.11. The molecule has 3 heterocycles. The highest BCUT2D eigenvalue weighted by Gasteiger charge is 2.49. The zero-order chi connectivity index (χ0) is 15.0. The second-order valence-electron chi connectivity index (χ2n) is 6.22. The van der Waals surface area contributed by atoms with Gasteiger partial charge in [-0.05, 0) is 50.4 Å². The second kappa shape index (κ2) is 5.57. The van der Waals surface area contributed by atoms with Crippen LogP contribution in [-0.2, 0) is 0 Å². The molecule has 2 aliphatic rings. The molecule has 0 bridgehead atoms. The lowest BCUT2D eigenvalue weighted by Gasteiger charge is -2.43. The van der Waals surface area contributed by atoms with Crippen molar-refractivity contribution in [2.24, 2.45) is 11.1 Å². The van der Waals surface area contributed by atoms with Gasteiger partial charge in [0.05, 0.1) is 11.7 Å². The third-order valence-corrected chi connectivity index (χ3v) is 5.57. The maximum atomic E-state index is 11.3. The number of primary amides is 1. The number of urea groups is 1. The zero-order valence-electron chi connectivity index (χ0n) is 12.3. The maximum Gasteiger partial charge on any atom is 0.314 e. The normalized spacial score (nSPS) is 25.4. The summed E-state index contributed by atoms with van der Waals surface area (Å²) in [5, 5.41) is 0. The molecule has 6 heteroatoms. The molecule has 1 aromatic rings. The Kier molecular flexibility index (Phi) is 3.92. The molecular weight excluding hydrogens is 332 g/mol. The van der Waals surface area contributed by atoms with Crippen molar-refractivity contribution < 1.29 is 4.79 Å². The Hall–Kier alpha value is -1.14. The van der Waals surface area contributed by atoms with E-state index in [0.717, 1.165) is 49.1 Å². The first-order chi connectivity index (χ1) is 10.0. The van der Waals surface area contributed by atoms with Gasteiger partial charge in [0.1, 0.15) is 0 Å². The summed E-state index contributed by atoms with van der Waals surface area (Å²) in [6.45, 7) is 2.59. The lowest BCUT2D eigenvalue weighted by Crippen LogP contribution is -2.47. The molecule has 0 aliphatic carbocycles. The van der Waals surface area contributed by atoms with E-state index in [1.165, 1.54) is 0 Å². The van der Waals surface area contributed by atoms with Gasteiger partial charge in [0.15, 0.2) is 0 Å². The molecular formula is C15H21BrN4O. The fourth-order valence-electron chi connectivity index (χ4n) is 3.94. The largest absolute Gasteiger partial charge is 0.351 e. The first-order valence-electron chi connectivity index (χ1n) is 7.38. The number of carbonyl (C=O) groups excluding carboxylic acids is 1. The van der Waals surface area contributed by atoms with Crippen LogP contribution in [0.4, 0.5) is 4.79 Å². The molecule has 21 heavy (non-hydrogen) atoms. The van der Waals surface area contributed by atoms with Gasteiger partial charge in [-0.2, -0.15) is 0 Å². The molecule has 0 aromatic carbocycles. The molecule has 2 fully saturated rings. The predicted octanol–water partition coefficient (Wildman–Crippen LogP) is 2.38. The molecule has 1 aromatic heterocycles. The SMILES string of the molecule is CN1CCC2(CCN(C(N)=O)CC2)C1c1cc(Br)ccn1. The van der Waals surface area contributed by atoms with Crippen LogP contribution in [0.3, 0.4) is 0 Å². The standard InChI is InChI=1S/C15H21BrN4O/c1-19-7-3-15(4-8-20(9-5-15)14(17)21)13(19)12-10-11(16)2-6-18-12/h2,6,10,13H,3-5,7-9H2,1H3,(H2,17,21). The van der Waals surface area contributed by atoms with Crippen LogP contribution in [0.1, 0.15) is 31.0 Å². The highest BCUT2D eigenvalue weighted by molar-refractivity contribution is 9.10. The minimum atomic E-state index is -0.298. The molecule has 2 aliphatic heterocycles. The summed E-state index contributed by atoms with van der Waals surface area (Å²) < 4.78 is 1.07. The Morgan fingerprint density at radius 3 is 2.67 bits per heavy atom. The Morgan fingerprint density at radius 2 is 2.05 bits per heavy atom. The summed E-state index contributed by atoms with van der Waals surface area (Å²) >= 11 is 3.54. The van der Waals surface area contributed by atoms with E-state index < -0.39 is 0 Å². The van der Waals surface area contributed by atoms with Gasteiger partial charge in [0.25, 0.3) is 0 Å². The lowest BCUT2D eigenvalue weighted by molar-refractivity contribution is 0.0821. The highest BCUT2D eigenvalue weighted by Crippen LogP contribution is 2.52. The van der Waals surface area contributed by atoms with E-state index in [4.69, 9.17) is 5.73 Å². The van der Waals surface area contributed by atoms with Crippen LogP contribution in [0.5, 0.6) is 0 Å². The predicted molar refractivity (Wildman–Crippen MR) is 84.7 cm³/mol. The first-order valence-corrected chi connectivity index (χ1v) is 8.17. The zero-order valence-corrected chi connectivity index (χ0v) is 13.8. The number of hydrogen-bond donors (Lipinski definition) is 1.